The number of hydrogen-bond donors (Lipinski definition) is 1. The number of aryl methyl sites for hydroxylation is 1. The fraction of sp³-hybridized carbons (Fsp3) is 0.188. The first-order valence-electron chi connectivity index (χ1n) is 6.55. The van der Waals surface area contributed by atoms with Crippen molar-refractivity contribution in [2.24, 2.45) is 0 Å². The third-order valence-electron chi connectivity index (χ3n) is 2.90. The molecular formula is C16H15F2NO2. The van der Waals surface area contributed by atoms with E-state index in [1.807, 2.05) is 19.1 Å². The summed E-state index contributed by atoms with van der Waals surface area (Å²) in [6, 6.07) is 10.2. The molecule has 0 aliphatic carbocycles. The standard InChI is InChI=1S/C16H15F2NO2/c1-2-11-3-6-13(7-4-11)21-10-16(20)19-15-9-12(17)5-8-14(15)18/h3-9H,2,10H2,1H3,(H,19,20). The molecule has 2 aromatic rings. The molecule has 0 aromatic heterocycles. The minimum atomic E-state index is -0.697. The van der Waals surface area contributed by atoms with Gasteiger partial charge in [0.05, 0.1) is 5.69 Å². The fourth-order valence-electron chi connectivity index (χ4n) is 1.75. The van der Waals surface area contributed by atoms with Crippen LogP contribution >= 0.6 is 0 Å². The third kappa shape index (κ3) is 4.27. The van der Waals surface area contributed by atoms with E-state index in [1.165, 1.54) is 0 Å². The van der Waals surface area contributed by atoms with Crippen LogP contribution in [-0.4, -0.2) is 12.5 Å². The van der Waals surface area contributed by atoms with Crippen molar-refractivity contribution in [1.82, 2.24) is 0 Å². The van der Waals surface area contributed by atoms with Crippen LogP contribution in [0.5, 0.6) is 5.75 Å². The molecule has 0 unspecified atom stereocenters. The number of amides is 1. The second-order valence-corrected chi connectivity index (χ2v) is 4.46. The van der Waals surface area contributed by atoms with Crippen LogP contribution in [0.3, 0.4) is 0 Å². The molecule has 5 heteroatoms. The largest absolute Gasteiger partial charge is 0.484 e. The summed E-state index contributed by atoms with van der Waals surface area (Å²) in [5.74, 6) is -1.33. The number of carbonyl (C=O) groups is 1. The molecule has 110 valence electrons. The highest BCUT2D eigenvalue weighted by Crippen LogP contribution is 2.16. The summed E-state index contributed by atoms with van der Waals surface area (Å²) < 4.78 is 31.6. The van der Waals surface area contributed by atoms with E-state index in [1.54, 1.807) is 12.1 Å². The number of rotatable bonds is 5. The monoisotopic (exact) mass is 291 g/mol. The molecule has 0 bridgehead atoms. The molecule has 0 aliphatic rings. The zero-order valence-electron chi connectivity index (χ0n) is 11.5. The molecule has 0 atom stereocenters. The van der Waals surface area contributed by atoms with Gasteiger partial charge in [-0.25, -0.2) is 8.78 Å². The van der Waals surface area contributed by atoms with Crippen LogP contribution in [0.2, 0.25) is 0 Å². The van der Waals surface area contributed by atoms with Gasteiger partial charge < -0.3 is 10.1 Å². The number of halogens is 2. The summed E-state index contributed by atoms with van der Waals surface area (Å²) in [4.78, 5) is 11.6. The average molecular weight is 291 g/mol. The van der Waals surface area contributed by atoms with Gasteiger partial charge in [-0.2, -0.15) is 0 Å². The van der Waals surface area contributed by atoms with Crippen LogP contribution in [0.1, 0.15) is 12.5 Å². The molecule has 2 rings (SSSR count). The smallest absolute Gasteiger partial charge is 0.262 e. The first-order chi connectivity index (χ1) is 10.1. The molecule has 0 radical (unpaired) electrons. The lowest BCUT2D eigenvalue weighted by Gasteiger charge is -2.08. The lowest BCUT2D eigenvalue weighted by Crippen LogP contribution is -2.20. The van der Waals surface area contributed by atoms with Gasteiger partial charge in [0.15, 0.2) is 6.61 Å². The van der Waals surface area contributed by atoms with Gasteiger partial charge in [0, 0.05) is 6.07 Å². The van der Waals surface area contributed by atoms with Crippen LogP contribution in [0.15, 0.2) is 42.5 Å². The van der Waals surface area contributed by atoms with Gasteiger partial charge in [0.25, 0.3) is 5.91 Å². The summed E-state index contributed by atoms with van der Waals surface area (Å²) in [5.41, 5.74) is 0.957. The summed E-state index contributed by atoms with van der Waals surface area (Å²) in [5, 5.41) is 2.26. The highest BCUT2D eigenvalue weighted by atomic mass is 19.1. The summed E-state index contributed by atoms with van der Waals surface area (Å²) >= 11 is 0. The summed E-state index contributed by atoms with van der Waals surface area (Å²) in [7, 11) is 0. The van der Waals surface area contributed by atoms with Gasteiger partial charge in [-0.3, -0.25) is 4.79 Å². The Bertz CT molecular complexity index is 627. The van der Waals surface area contributed by atoms with Crippen molar-refractivity contribution in [3.63, 3.8) is 0 Å². The molecule has 2 aromatic carbocycles. The Labute approximate surface area is 121 Å². The molecule has 1 N–H and O–H groups in total. The maximum atomic E-state index is 13.4. The van der Waals surface area contributed by atoms with Crippen molar-refractivity contribution in [3.05, 3.63) is 59.7 Å². The van der Waals surface area contributed by atoms with Crippen LogP contribution in [-0.2, 0) is 11.2 Å². The van der Waals surface area contributed by atoms with E-state index in [-0.39, 0.29) is 12.3 Å². The maximum Gasteiger partial charge on any atom is 0.262 e. The maximum absolute atomic E-state index is 13.4. The van der Waals surface area contributed by atoms with Gasteiger partial charge in [-0.1, -0.05) is 19.1 Å². The van der Waals surface area contributed by atoms with E-state index in [4.69, 9.17) is 4.74 Å². The number of hydrogen-bond acceptors (Lipinski definition) is 2. The van der Waals surface area contributed by atoms with Crippen LogP contribution in [0, 0.1) is 11.6 Å². The van der Waals surface area contributed by atoms with E-state index in [0.29, 0.717) is 5.75 Å². The SMILES string of the molecule is CCc1ccc(OCC(=O)Nc2cc(F)ccc2F)cc1. The summed E-state index contributed by atoms with van der Waals surface area (Å²) in [6.07, 6.45) is 0.916. The molecule has 0 aliphatic heterocycles. The van der Waals surface area contributed by atoms with E-state index < -0.39 is 17.5 Å². The Morgan fingerprint density at radius 1 is 1.14 bits per heavy atom. The number of nitrogens with one attached hydrogen (secondary N) is 1. The topological polar surface area (TPSA) is 38.3 Å². The Balaban J connectivity index is 1.91. The van der Waals surface area contributed by atoms with Gasteiger partial charge in [-0.05, 0) is 36.2 Å². The molecule has 0 saturated heterocycles. The predicted octanol–water partition coefficient (Wildman–Crippen LogP) is 3.54. The zero-order chi connectivity index (χ0) is 15.2. The van der Waals surface area contributed by atoms with Crippen molar-refractivity contribution >= 4 is 11.6 Å². The molecule has 1 amide bonds. The Morgan fingerprint density at radius 3 is 2.52 bits per heavy atom. The van der Waals surface area contributed by atoms with Crippen molar-refractivity contribution in [3.8, 4) is 5.75 Å². The van der Waals surface area contributed by atoms with E-state index in [9.17, 15) is 13.6 Å². The molecule has 21 heavy (non-hydrogen) atoms. The van der Waals surface area contributed by atoms with Gasteiger partial charge >= 0.3 is 0 Å². The third-order valence-corrected chi connectivity index (χ3v) is 2.90. The van der Waals surface area contributed by atoms with Gasteiger partial charge in [0.2, 0.25) is 0 Å². The average Bonchev–Trinajstić information content (AvgIpc) is 2.49. The Morgan fingerprint density at radius 2 is 1.86 bits per heavy atom. The number of carbonyl (C=O) groups excluding carboxylic acids is 1. The molecular weight excluding hydrogens is 276 g/mol. The van der Waals surface area contributed by atoms with Crippen molar-refractivity contribution in [2.45, 2.75) is 13.3 Å². The number of benzene rings is 2. The molecule has 0 fully saturated rings. The lowest BCUT2D eigenvalue weighted by atomic mass is 10.2. The molecule has 0 spiro atoms. The Kier molecular flexibility index (Phi) is 4.87. The van der Waals surface area contributed by atoms with Crippen LogP contribution < -0.4 is 10.1 Å². The lowest BCUT2D eigenvalue weighted by molar-refractivity contribution is -0.118. The molecule has 0 heterocycles. The van der Waals surface area contributed by atoms with Crippen molar-refractivity contribution in [2.75, 3.05) is 11.9 Å². The highest BCUT2D eigenvalue weighted by Gasteiger charge is 2.09. The Hall–Kier alpha value is -2.43. The first-order valence-corrected chi connectivity index (χ1v) is 6.55. The first kappa shape index (κ1) is 15.0. The quantitative estimate of drug-likeness (QED) is 0.915. The summed E-state index contributed by atoms with van der Waals surface area (Å²) in [6.45, 7) is 1.76. The van der Waals surface area contributed by atoms with Crippen molar-refractivity contribution < 1.29 is 18.3 Å². The van der Waals surface area contributed by atoms with Gasteiger partial charge in [0.1, 0.15) is 17.4 Å². The number of ether oxygens (including phenoxy) is 1. The van der Waals surface area contributed by atoms with Crippen LogP contribution in [0.25, 0.3) is 0 Å². The van der Waals surface area contributed by atoms with E-state index in [0.717, 1.165) is 30.2 Å². The normalized spacial score (nSPS) is 10.2. The second-order valence-electron chi connectivity index (χ2n) is 4.46. The highest BCUT2D eigenvalue weighted by molar-refractivity contribution is 5.91. The minimum absolute atomic E-state index is 0.204. The fourth-order valence-corrected chi connectivity index (χ4v) is 1.75. The second kappa shape index (κ2) is 6.83. The molecule has 0 saturated carbocycles. The zero-order valence-corrected chi connectivity index (χ0v) is 11.5. The van der Waals surface area contributed by atoms with Crippen LogP contribution in [0.4, 0.5) is 14.5 Å². The predicted molar refractivity (Wildman–Crippen MR) is 76.3 cm³/mol. The van der Waals surface area contributed by atoms with E-state index in [2.05, 4.69) is 5.32 Å². The minimum Gasteiger partial charge on any atom is -0.484 e. The number of anilines is 1. The van der Waals surface area contributed by atoms with Gasteiger partial charge in [-0.15, -0.1) is 0 Å². The van der Waals surface area contributed by atoms with Crippen molar-refractivity contribution in [1.29, 1.82) is 0 Å². The van der Waals surface area contributed by atoms with E-state index >= 15 is 0 Å². The molecule has 3 nitrogen and oxygen atoms in total.